The van der Waals surface area contributed by atoms with Crippen molar-refractivity contribution in [2.45, 2.75) is 37.5 Å². The summed E-state index contributed by atoms with van der Waals surface area (Å²) in [6.07, 6.45) is 6.23. The van der Waals surface area contributed by atoms with Crippen molar-refractivity contribution < 1.29 is 0 Å². The number of nitrogens with zero attached hydrogens (tertiary/aromatic N) is 2. The molecule has 52 heavy (non-hydrogen) atoms. The van der Waals surface area contributed by atoms with Gasteiger partial charge in [-0.3, -0.25) is 0 Å². The maximum absolute atomic E-state index is 2.49. The minimum absolute atomic E-state index is 0.0497. The summed E-state index contributed by atoms with van der Waals surface area (Å²) in [5.41, 5.74) is 9.96. The highest BCUT2D eigenvalue weighted by atomic mass is 15.1. The molecule has 0 unspecified atom stereocenters. The van der Waals surface area contributed by atoms with Gasteiger partial charge in [-0.25, -0.2) is 0 Å². The molecule has 1 fully saturated rings. The summed E-state index contributed by atoms with van der Waals surface area (Å²) in [6.45, 7) is 0. The van der Waals surface area contributed by atoms with Crippen LogP contribution in [0.1, 0.15) is 43.2 Å². The molecule has 250 valence electrons. The number of para-hydroxylation sites is 2. The zero-order valence-corrected chi connectivity index (χ0v) is 29.3. The summed E-state index contributed by atoms with van der Waals surface area (Å²) in [5.74, 6) is 0. The van der Waals surface area contributed by atoms with E-state index in [1.54, 1.807) is 0 Å². The quantitative estimate of drug-likeness (QED) is 0.160. The molecule has 9 aromatic rings. The molecular formula is C50H40N2. The van der Waals surface area contributed by atoms with E-state index in [2.05, 4.69) is 191 Å². The molecule has 1 aliphatic carbocycles. The highest BCUT2D eigenvalue weighted by Crippen LogP contribution is 2.47. The molecule has 0 aliphatic heterocycles. The first-order chi connectivity index (χ1) is 25.8. The Morgan fingerprint density at radius 3 is 1.75 bits per heavy atom. The van der Waals surface area contributed by atoms with Crippen LogP contribution in [0.3, 0.4) is 0 Å². The number of hydrogen-bond acceptors (Lipinski definition) is 1. The summed E-state index contributed by atoms with van der Waals surface area (Å²) >= 11 is 0. The zero-order valence-electron chi connectivity index (χ0n) is 29.3. The van der Waals surface area contributed by atoms with E-state index in [-0.39, 0.29) is 5.41 Å². The van der Waals surface area contributed by atoms with E-state index in [1.807, 2.05) is 0 Å². The molecule has 0 saturated heterocycles. The van der Waals surface area contributed by atoms with Crippen molar-refractivity contribution in [1.29, 1.82) is 0 Å². The number of benzene rings is 8. The molecule has 8 aromatic carbocycles. The fourth-order valence-electron chi connectivity index (χ4n) is 9.19. The lowest BCUT2D eigenvalue weighted by molar-refractivity contribution is 0.346. The van der Waals surface area contributed by atoms with Gasteiger partial charge in [-0.15, -0.1) is 0 Å². The maximum atomic E-state index is 2.49. The average molecular weight is 669 g/mol. The Morgan fingerprint density at radius 1 is 0.404 bits per heavy atom. The third-order valence-electron chi connectivity index (χ3n) is 11.6. The molecule has 10 rings (SSSR count). The van der Waals surface area contributed by atoms with E-state index in [1.165, 1.54) is 92.3 Å². The van der Waals surface area contributed by atoms with Gasteiger partial charge in [0.25, 0.3) is 0 Å². The number of hydrogen-bond donors (Lipinski definition) is 0. The van der Waals surface area contributed by atoms with Crippen LogP contribution in [-0.4, -0.2) is 4.57 Å². The largest absolute Gasteiger partial charge is 0.310 e. The van der Waals surface area contributed by atoms with Crippen LogP contribution in [0.5, 0.6) is 0 Å². The van der Waals surface area contributed by atoms with Crippen molar-refractivity contribution in [3.05, 3.63) is 193 Å². The van der Waals surface area contributed by atoms with E-state index in [4.69, 9.17) is 0 Å². The Bertz CT molecular complexity index is 2700. The molecule has 0 spiro atoms. The van der Waals surface area contributed by atoms with Crippen LogP contribution < -0.4 is 4.90 Å². The predicted octanol–water partition coefficient (Wildman–Crippen LogP) is 13.8. The Morgan fingerprint density at radius 2 is 0.981 bits per heavy atom. The minimum atomic E-state index is 0.0497. The topological polar surface area (TPSA) is 8.17 Å². The zero-order chi connectivity index (χ0) is 34.5. The first-order valence-electron chi connectivity index (χ1n) is 18.7. The molecule has 0 atom stereocenters. The molecule has 1 aromatic heterocycles. The van der Waals surface area contributed by atoms with Crippen LogP contribution in [0.15, 0.2) is 182 Å². The van der Waals surface area contributed by atoms with Gasteiger partial charge >= 0.3 is 0 Å². The molecule has 0 radical (unpaired) electrons. The third kappa shape index (κ3) is 4.93. The number of aromatic nitrogens is 1. The lowest BCUT2D eigenvalue weighted by atomic mass is 9.65. The lowest BCUT2D eigenvalue weighted by Gasteiger charge is -2.39. The van der Waals surface area contributed by atoms with Gasteiger partial charge in [0.2, 0.25) is 0 Å². The van der Waals surface area contributed by atoms with Crippen molar-refractivity contribution in [1.82, 2.24) is 4.57 Å². The van der Waals surface area contributed by atoms with Gasteiger partial charge in [0.05, 0.1) is 16.7 Å². The first kappa shape index (κ1) is 30.7. The normalized spacial score (nSPS) is 14.3. The van der Waals surface area contributed by atoms with E-state index in [0.717, 1.165) is 17.1 Å². The molecule has 2 nitrogen and oxygen atoms in total. The van der Waals surface area contributed by atoms with E-state index in [0.29, 0.717) is 0 Å². The van der Waals surface area contributed by atoms with Crippen molar-refractivity contribution in [2.75, 3.05) is 4.90 Å². The smallest absolute Gasteiger partial charge is 0.0561 e. The second-order valence-corrected chi connectivity index (χ2v) is 14.4. The Balaban J connectivity index is 1.22. The molecule has 0 N–H and O–H groups in total. The molecule has 0 amide bonds. The summed E-state index contributed by atoms with van der Waals surface area (Å²) in [5, 5.41) is 7.54. The van der Waals surface area contributed by atoms with Gasteiger partial charge in [-0.1, -0.05) is 153 Å². The maximum Gasteiger partial charge on any atom is 0.0561 e. The number of anilines is 3. The Labute approximate surface area is 305 Å². The fraction of sp³-hybridized carbons (Fsp3) is 0.120. The van der Waals surface area contributed by atoms with Crippen LogP contribution in [0.4, 0.5) is 17.1 Å². The van der Waals surface area contributed by atoms with E-state index < -0.39 is 0 Å². The van der Waals surface area contributed by atoms with E-state index in [9.17, 15) is 0 Å². The highest BCUT2D eigenvalue weighted by molar-refractivity contribution is 6.15. The summed E-state index contributed by atoms with van der Waals surface area (Å²) in [6, 6.07) is 67.5. The van der Waals surface area contributed by atoms with Crippen LogP contribution >= 0.6 is 0 Å². The van der Waals surface area contributed by atoms with Crippen LogP contribution in [0.25, 0.3) is 49.0 Å². The van der Waals surface area contributed by atoms with Crippen molar-refractivity contribution in [3.63, 3.8) is 0 Å². The molecular weight excluding hydrogens is 629 g/mol. The molecule has 2 heteroatoms. The standard InChI is InChI=1S/C50H40N2/c1-4-17-37(18-5-1)50(32-14-3-15-33-50)38-26-28-40(29-27-38)51(48-34-36-16-8-9-21-42(36)43-22-10-11-23-44(43)48)41-30-31-46-45-24-12-13-25-47(45)52(49(46)35-41)39-19-6-2-7-20-39/h1-2,4-13,16-31,34-35H,3,14-15,32-33H2. The van der Waals surface area contributed by atoms with Crippen molar-refractivity contribution in [2.24, 2.45) is 0 Å². The number of fused-ring (bicyclic) bond motifs is 6. The average Bonchev–Trinajstić information content (AvgIpc) is 3.56. The lowest BCUT2D eigenvalue weighted by Crippen LogP contribution is -2.30. The Hall–Kier alpha value is -6.12. The van der Waals surface area contributed by atoms with Gasteiger partial charge in [0.1, 0.15) is 0 Å². The second-order valence-electron chi connectivity index (χ2n) is 14.4. The van der Waals surface area contributed by atoms with Crippen molar-refractivity contribution >= 4 is 60.4 Å². The molecule has 1 heterocycles. The summed E-state index contributed by atoms with van der Waals surface area (Å²) in [7, 11) is 0. The summed E-state index contributed by atoms with van der Waals surface area (Å²) in [4.78, 5) is 2.49. The SMILES string of the molecule is c1ccc(-n2c3ccccc3c3ccc(N(c4ccc(C5(c6ccccc6)CCCCC5)cc4)c4cc5ccccc5c5ccccc45)cc32)cc1. The Kier molecular flexibility index (Phi) is 7.42. The van der Waals surface area contributed by atoms with Crippen LogP contribution in [0.2, 0.25) is 0 Å². The summed E-state index contributed by atoms with van der Waals surface area (Å²) < 4.78 is 2.42. The minimum Gasteiger partial charge on any atom is -0.310 e. The van der Waals surface area contributed by atoms with E-state index >= 15 is 0 Å². The third-order valence-corrected chi connectivity index (χ3v) is 11.6. The van der Waals surface area contributed by atoms with Crippen molar-refractivity contribution in [3.8, 4) is 5.69 Å². The molecule has 1 saturated carbocycles. The molecule has 0 bridgehead atoms. The highest BCUT2D eigenvalue weighted by Gasteiger charge is 2.35. The van der Waals surface area contributed by atoms with Gasteiger partial charge < -0.3 is 9.47 Å². The van der Waals surface area contributed by atoms with Gasteiger partial charge in [0, 0.05) is 38.6 Å². The fourth-order valence-corrected chi connectivity index (χ4v) is 9.19. The molecule has 1 aliphatic rings. The first-order valence-corrected chi connectivity index (χ1v) is 18.7. The van der Waals surface area contributed by atoms with Crippen LogP contribution in [-0.2, 0) is 5.41 Å². The number of rotatable bonds is 6. The van der Waals surface area contributed by atoms with Gasteiger partial charge in [-0.05, 0) is 88.7 Å². The second kappa shape index (κ2) is 12.6. The van der Waals surface area contributed by atoms with Crippen LogP contribution in [0, 0.1) is 0 Å². The predicted molar refractivity (Wildman–Crippen MR) is 221 cm³/mol. The monoisotopic (exact) mass is 668 g/mol. The van der Waals surface area contributed by atoms with Gasteiger partial charge in [0.15, 0.2) is 0 Å². The van der Waals surface area contributed by atoms with Gasteiger partial charge in [-0.2, -0.15) is 0 Å².